The topological polar surface area (TPSA) is 23.5 Å². The van der Waals surface area contributed by atoms with E-state index in [1.54, 1.807) is 19.1 Å². The van der Waals surface area contributed by atoms with Crippen molar-refractivity contribution in [2.45, 2.75) is 13.5 Å². The monoisotopic (exact) mass is 199 g/mol. The second-order valence-electron chi connectivity index (χ2n) is 2.70. The lowest BCUT2D eigenvalue weighted by atomic mass is 10.2. The second kappa shape index (κ2) is 4.30. The average molecular weight is 199 g/mol. The summed E-state index contributed by atoms with van der Waals surface area (Å²) in [7, 11) is 0. The molecule has 0 aliphatic carbocycles. The van der Waals surface area contributed by atoms with Gasteiger partial charge in [0.2, 0.25) is 0 Å². The van der Waals surface area contributed by atoms with E-state index in [-0.39, 0.29) is 12.4 Å². The Hall–Kier alpha value is -1.00. The van der Waals surface area contributed by atoms with Gasteiger partial charge in [0.1, 0.15) is 10.8 Å². The Morgan fingerprint density at radius 1 is 1.46 bits per heavy atom. The normalized spacial score (nSPS) is 9.77. The Balaban J connectivity index is 2.64. The van der Waals surface area contributed by atoms with Gasteiger partial charge in [0, 0.05) is 0 Å². The first-order chi connectivity index (χ1) is 6.09. The van der Waals surface area contributed by atoms with Gasteiger partial charge in [0.05, 0.1) is 6.54 Å². The average Bonchev–Trinajstić information content (AvgIpc) is 2.08. The smallest absolute Gasteiger partial charge is 0.123 e. The highest BCUT2D eigenvalue weighted by Gasteiger charge is 2.01. The van der Waals surface area contributed by atoms with Gasteiger partial charge in [0.25, 0.3) is 0 Å². The fraction of sp³-hybridized carbons (Fsp3) is 0.222. The van der Waals surface area contributed by atoms with Crippen LogP contribution in [0.15, 0.2) is 24.3 Å². The van der Waals surface area contributed by atoms with E-state index in [0.29, 0.717) is 4.99 Å². The van der Waals surface area contributed by atoms with Crippen LogP contribution in [0.1, 0.15) is 12.5 Å². The molecule has 13 heavy (non-hydrogen) atoms. The van der Waals surface area contributed by atoms with E-state index >= 15 is 0 Å². The summed E-state index contributed by atoms with van der Waals surface area (Å²) in [4.78, 5) is 0.393. The highest BCUT2D eigenvalue weighted by molar-refractivity contribution is 7.80. The molecule has 0 aliphatic heterocycles. The van der Waals surface area contributed by atoms with Crippen LogP contribution in [0.5, 0.6) is 0 Å². The summed E-state index contributed by atoms with van der Waals surface area (Å²) in [6, 6.07) is 5.91. The first kappa shape index (κ1) is 10.1. The van der Waals surface area contributed by atoms with Gasteiger partial charge >= 0.3 is 0 Å². The lowest BCUT2D eigenvalue weighted by Gasteiger charge is -2.14. The van der Waals surface area contributed by atoms with Crippen molar-refractivity contribution in [3.8, 4) is 0 Å². The Labute approximate surface area is 81.6 Å². The van der Waals surface area contributed by atoms with Crippen molar-refractivity contribution >= 4 is 17.2 Å². The van der Waals surface area contributed by atoms with Crippen molar-refractivity contribution in [3.63, 3.8) is 0 Å². The second-order valence-corrected chi connectivity index (χ2v) is 3.29. The summed E-state index contributed by atoms with van der Waals surface area (Å²) in [6.45, 7) is 1.91. The number of hydroxylamine groups is 2. The quantitative estimate of drug-likeness (QED) is 0.584. The number of nitrogens with zero attached hydrogens (tertiary/aromatic N) is 1. The molecule has 0 fully saturated rings. The summed E-state index contributed by atoms with van der Waals surface area (Å²) >= 11 is 4.74. The number of halogens is 1. The van der Waals surface area contributed by atoms with Crippen LogP contribution in [0.25, 0.3) is 0 Å². The summed E-state index contributed by atoms with van der Waals surface area (Å²) < 4.78 is 12.5. The maximum Gasteiger partial charge on any atom is 0.123 e. The van der Waals surface area contributed by atoms with Crippen molar-refractivity contribution in [1.29, 1.82) is 0 Å². The third-order valence-corrected chi connectivity index (χ3v) is 1.82. The van der Waals surface area contributed by atoms with Crippen LogP contribution >= 0.6 is 12.2 Å². The molecule has 0 aromatic heterocycles. The van der Waals surface area contributed by atoms with Crippen LogP contribution in [0.3, 0.4) is 0 Å². The zero-order valence-electron chi connectivity index (χ0n) is 7.20. The summed E-state index contributed by atoms with van der Waals surface area (Å²) in [5.74, 6) is -0.285. The first-order valence-electron chi connectivity index (χ1n) is 3.81. The highest BCUT2D eigenvalue weighted by atomic mass is 32.1. The van der Waals surface area contributed by atoms with Gasteiger partial charge in [-0.3, -0.25) is 5.21 Å². The number of thiocarbonyl (C=S) groups is 1. The molecule has 0 bridgehead atoms. The van der Waals surface area contributed by atoms with E-state index < -0.39 is 0 Å². The van der Waals surface area contributed by atoms with Crippen molar-refractivity contribution in [2.24, 2.45) is 0 Å². The lowest BCUT2D eigenvalue weighted by Crippen LogP contribution is -2.22. The number of hydrogen-bond acceptors (Lipinski definition) is 2. The Kier molecular flexibility index (Phi) is 3.33. The minimum atomic E-state index is -0.285. The van der Waals surface area contributed by atoms with Crippen LogP contribution in [-0.2, 0) is 6.54 Å². The molecule has 0 atom stereocenters. The van der Waals surface area contributed by atoms with Crippen LogP contribution in [0.4, 0.5) is 4.39 Å². The third kappa shape index (κ3) is 3.08. The molecule has 0 radical (unpaired) electrons. The number of rotatable bonds is 2. The molecule has 1 aromatic rings. The molecule has 1 N–H and O–H groups in total. The van der Waals surface area contributed by atoms with Crippen molar-refractivity contribution in [2.75, 3.05) is 0 Å². The molecule has 0 amide bonds. The van der Waals surface area contributed by atoms with E-state index in [4.69, 9.17) is 12.2 Å². The van der Waals surface area contributed by atoms with Gasteiger partial charge in [-0.2, -0.15) is 0 Å². The zero-order valence-corrected chi connectivity index (χ0v) is 8.01. The maximum atomic E-state index is 12.5. The van der Waals surface area contributed by atoms with Crippen molar-refractivity contribution in [1.82, 2.24) is 5.06 Å². The zero-order chi connectivity index (χ0) is 9.84. The standard InChI is InChI=1S/C9H10FNOS/c1-7(13)11(12)6-8-2-4-9(10)5-3-8/h2-5,12H,6H2,1H3. The van der Waals surface area contributed by atoms with Crippen molar-refractivity contribution < 1.29 is 9.60 Å². The SMILES string of the molecule is CC(=S)N(O)Cc1ccc(F)cc1. The molecular weight excluding hydrogens is 189 g/mol. The first-order valence-corrected chi connectivity index (χ1v) is 4.22. The Morgan fingerprint density at radius 2 is 2.00 bits per heavy atom. The van der Waals surface area contributed by atoms with Crippen LogP contribution < -0.4 is 0 Å². The lowest BCUT2D eigenvalue weighted by molar-refractivity contribution is -0.0204. The maximum absolute atomic E-state index is 12.5. The van der Waals surface area contributed by atoms with Gasteiger partial charge < -0.3 is 0 Å². The minimum Gasteiger partial charge on any atom is -0.288 e. The van der Waals surface area contributed by atoms with Crippen LogP contribution in [-0.4, -0.2) is 15.3 Å². The number of benzene rings is 1. The molecule has 0 unspecified atom stereocenters. The molecule has 0 heterocycles. The predicted octanol–water partition coefficient (Wildman–Crippen LogP) is 2.36. The minimum absolute atomic E-state index is 0.285. The van der Waals surface area contributed by atoms with Crippen molar-refractivity contribution in [3.05, 3.63) is 35.6 Å². The van der Waals surface area contributed by atoms with E-state index in [1.807, 2.05) is 0 Å². The summed E-state index contributed by atoms with van der Waals surface area (Å²) in [5, 5.41) is 10.2. The van der Waals surface area contributed by atoms with Gasteiger partial charge in [-0.1, -0.05) is 24.4 Å². The third-order valence-electron chi connectivity index (χ3n) is 1.61. The fourth-order valence-corrected chi connectivity index (χ4v) is 0.939. The Morgan fingerprint density at radius 3 is 2.46 bits per heavy atom. The summed E-state index contributed by atoms with van der Waals surface area (Å²) in [6.07, 6.45) is 0. The summed E-state index contributed by atoms with van der Waals surface area (Å²) in [5.41, 5.74) is 0.813. The molecule has 0 aliphatic rings. The van der Waals surface area contributed by atoms with Gasteiger partial charge in [-0.15, -0.1) is 0 Å². The molecule has 0 saturated heterocycles. The molecule has 1 aromatic carbocycles. The largest absolute Gasteiger partial charge is 0.288 e. The van der Waals surface area contributed by atoms with E-state index in [1.165, 1.54) is 12.1 Å². The molecule has 1 rings (SSSR count). The van der Waals surface area contributed by atoms with Crippen LogP contribution in [0.2, 0.25) is 0 Å². The molecule has 70 valence electrons. The number of hydrogen-bond donors (Lipinski definition) is 1. The van der Waals surface area contributed by atoms with E-state index in [2.05, 4.69) is 0 Å². The fourth-order valence-electron chi connectivity index (χ4n) is 0.874. The van der Waals surface area contributed by atoms with Crippen LogP contribution in [0, 0.1) is 5.82 Å². The molecule has 4 heteroatoms. The van der Waals surface area contributed by atoms with Gasteiger partial charge in [-0.05, 0) is 24.6 Å². The van der Waals surface area contributed by atoms with E-state index in [9.17, 15) is 9.60 Å². The molecule has 0 spiro atoms. The molecule has 0 saturated carbocycles. The van der Waals surface area contributed by atoms with Gasteiger partial charge in [-0.25, -0.2) is 9.45 Å². The Bertz CT molecular complexity index is 299. The molecular formula is C9H10FNOS. The van der Waals surface area contributed by atoms with Gasteiger partial charge in [0.15, 0.2) is 0 Å². The predicted molar refractivity (Wildman–Crippen MR) is 52.0 cm³/mol. The van der Waals surface area contributed by atoms with E-state index in [0.717, 1.165) is 10.6 Å². The molecule has 2 nitrogen and oxygen atoms in total. The highest BCUT2D eigenvalue weighted by Crippen LogP contribution is 2.05.